The molecule has 2 heterocycles. The second-order valence-corrected chi connectivity index (χ2v) is 6.65. The van der Waals surface area contributed by atoms with Crippen molar-refractivity contribution in [2.45, 2.75) is 6.54 Å². The molecule has 0 spiro atoms. The van der Waals surface area contributed by atoms with Crippen molar-refractivity contribution in [1.82, 2.24) is 19.4 Å². The van der Waals surface area contributed by atoms with Gasteiger partial charge in [0.1, 0.15) is 5.65 Å². The molecule has 0 bridgehead atoms. The molecule has 0 saturated heterocycles. The third kappa shape index (κ3) is 3.36. The highest BCUT2D eigenvalue weighted by Crippen LogP contribution is 2.22. The molecule has 0 aliphatic carbocycles. The van der Waals surface area contributed by atoms with Gasteiger partial charge in [0.2, 0.25) is 0 Å². The number of aryl methyl sites for hydroxylation is 1. The van der Waals surface area contributed by atoms with E-state index in [1.807, 2.05) is 0 Å². The number of carbonyl (C=O) groups excluding carboxylic acids is 1. The first-order valence-electron chi connectivity index (χ1n) is 7.56. The van der Waals surface area contributed by atoms with Crippen molar-refractivity contribution >= 4 is 40.1 Å². The van der Waals surface area contributed by atoms with Crippen LogP contribution >= 0.6 is 23.2 Å². The summed E-state index contributed by atoms with van der Waals surface area (Å²) in [4.78, 5) is 44.0. The van der Waals surface area contributed by atoms with E-state index in [1.54, 1.807) is 25.2 Å². The number of amides is 1. The standard InChI is InChI=1S/C17H14Cl2N4O3/c1-22(8-9-3-4-11(18)6-13(9)19)16(25)10-5-12-14(20-7-10)23(2)17(26)21-15(12)24/h3-7H,8H2,1-2H3,(H,21,24,26). The Labute approximate surface area is 157 Å². The highest BCUT2D eigenvalue weighted by atomic mass is 35.5. The van der Waals surface area contributed by atoms with E-state index in [2.05, 4.69) is 9.97 Å². The van der Waals surface area contributed by atoms with E-state index in [9.17, 15) is 14.4 Å². The number of halogens is 2. The Balaban J connectivity index is 1.94. The van der Waals surface area contributed by atoms with E-state index in [1.165, 1.54) is 28.8 Å². The molecule has 134 valence electrons. The van der Waals surface area contributed by atoms with Crippen LogP contribution in [0.3, 0.4) is 0 Å². The molecule has 0 unspecified atom stereocenters. The predicted octanol–water partition coefficient (Wildman–Crippen LogP) is 2.20. The zero-order valence-electron chi connectivity index (χ0n) is 13.9. The number of nitrogens with one attached hydrogen (secondary N) is 1. The Morgan fingerprint density at radius 1 is 1.27 bits per heavy atom. The summed E-state index contributed by atoms with van der Waals surface area (Å²) < 4.78 is 1.21. The van der Waals surface area contributed by atoms with Gasteiger partial charge < -0.3 is 4.90 Å². The number of pyridine rings is 1. The largest absolute Gasteiger partial charge is 0.337 e. The molecule has 3 aromatic rings. The molecular weight excluding hydrogens is 379 g/mol. The fourth-order valence-corrected chi connectivity index (χ4v) is 3.02. The molecule has 0 aliphatic heterocycles. The van der Waals surface area contributed by atoms with E-state index in [4.69, 9.17) is 23.2 Å². The maximum absolute atomic E-state index is 12.7. The lowest BCUT2D eigenvalue weighted by Crippen LogP contribution is -2.30. The van der Waals surface area contributed by atoms with Gasteiger partial charge in [-0.15, -0.1) is 0 Å². The number of hydrogen-bond donors (Lipinski definition) is 1. The minimum absolute atomic E-state index is 0.163. The van der Waals surface area contributed by atoms with E-state index in [0.717, 1.165) is 5.56 Å². The number of fused-ring (bicyclic) bond motifs is 1. The molecule has 2 aromatic heterocycles. The first-order valence-corrected chi connectivity index (χ1v) is 8.32. The van der Waals surface area contributed by atoms with Crippen molar-refractivity contribution in [3.8, 4) is 0 Å². The molecule has 1 aromatic carbocycles. The van der Waals surface area contributed by atoms with Gasteiger partial charge in [-0.3, -0.25) is 19.1 Å². The van der Waals surface area contributed by atoms with Gasteiger partial charge in [-0.2, -0.15) is 0 Å². The fourth-order valence-electron chi connectivity index (χ4n) is 2.55. The van der Waals surface area contributed by atoms with Crippen LogP contribution in [0.4, 0.5) is 0 Å². The lowest BCUT2D eigenvalue weighted by Gasteiger charge is -2.18. The van der Waals surface area contributed by atoms with Crippen molar-refractivity contribution in [1.29, 1.82) is 0 Å². The van der Waals surface area contributed by atoms with Gasteiger partial charge in [0, 0.05) is 36.9 Å². The van der Waals surface area contributed by atoms with E-state index < -0.39 is 11.2 Å². The number of aromatic amines is 1. The Kier molecular flexibility index (Phi) is 4.84. The zero-order chi connectivity index (χ0) is 19.0. The maximum Gasteiger partial charge on any atom is 0.329 e. The van der Waals surface area contributed by atoms with Crippen LogP contribution in [0, 0.1) is 0 Å². The summed E-state index contributed by atoms with van der Waals surface area (Å²) in [5.74, 6) is -0.335. The summed E-state index contributed by atoms with van der Waals surface area (Å²) in [5.41, 5.74) is 0.0195. The summed E-state index contributed by atoms with van der Waals surface area (Å²) in [6.07, 6.45) is 1.34. The number of benzene rings is 1. The highest BCUT2D eigenvalue weighted by molar-refractivity contribution is 6.35. The smallest absolute Gasteiger partial charge is 0.329 e. The summed E-state index contributed by atoms with van der Waals surface area (Å²) in [6.45, 7) is 0.260. The molecular formula is C17H14Cl2N4O3. The summed E-state index contributed by atoms with van der Waals surface area (Å²) in [7, 11) is 3.10. The monoisotopic (exact) mass is 392 g/mol. The molecule has 1 N–H and O–H groups in total. The van der Waals surface area contributed by atoms with Crippen LogP contribution in [-0.4, -0.2) is 32.4 Å². The molecule has 0 atom stereocenters. The maximum atomic E-state index is 12.7. The molecule has 7 nitrogen and oxygen atoms in total. The number of H-pyrrole nitrogens is 1. The highest BCUT2D eigenvalue weighted by Gasteiger charge is 2.16. The minimum atomic E-state index is -0.589. The molecule has 0 aliphatic rings. The molecule has 26 heavy (non-hydrogen) atoms. The average molecular weight is 393 g/mol. The van der Waals surface area contributed by atoms with Crippen LogP contribution in [0.2, 0.25) is 10.0 Å². The number of carbonyl (C=O) groups is 1. The predicted molar refractivity (Wildman–Crippen MR) is 99.9 cm³/mol. The molecule has 1 amide bonds. The average Bonchev–Trinajstić information content (AvgIpc) is 2.61. The van der Waals surface area contributed by atoms with Crippen LogP contribution in [0.15, 0.2) is 40.1 Å². The lowest BCUT2D eigenvalue weighted by molar-refractivity contribution is 0.0785. The van der Waals surface area contributed by atoms with Crippen molar-refractivity contribution in [2.24, 2.45) is 7.05 Å². The summed E-state index contributed by atoms with van der Waals surface area (Å²) >= 11 is 12.0. The topological polar surface area (TPSA) is 88.1 Å². The molecule has 0 fully saturated rings. The van der Waals surface area contributed by atoms with E-state index in [-0.39, 0.29) is 29.0 Å². The number of rotatable bonds is 3. The van der Waals surface area contributed by atoms with Gasteiger partial charge in [0.05, 0.1) is 10.9 Å². The Bertz CT molecular complexity index is 1140. The summed E-state index contributed by atoms with van der Waals surface area (Å²) in [5, 5.41) is 1.13. The van der Waals surface area contributed by atoms with Crippen molar-refractivity contribution in [2.75, 3.05) is 7.05 Å². The normalized spacial score (nSPS) is 10.9. The SMILES string of the molecule is CN(Cc1ccc(Cl)cc1Cl)C(=O)c1cnc2c(c1)c(=O)[nH]c(=O)n2C. The molecule has 0 radical (unpaired) electrons. The van der Waals surface area contributed by atoms with Gasteiger partial charge in [0.15, 0.2) is 0 Å². The van der Waals surface area contributed by atoms with Crippen molar-refractivity contribution in [3.63, 3.8) is 0 Å². The first kappa shape index (κ1) is 18.2. The molecule has 9 heteroatoms. The van der Waals surface area contributed by atoms with E-state index >= 15 is 0 Å². The van der Waals surface area contributed by atoms with Crippen molar-refractivity contribution < 1.29 is 4.79 Å². The quantitative estimate of drug-likeness (QED) is 0.739. The lowest BCUT2D eigenvalue weighted by atomic mass is 10.1. The van der Waals surface area contributed by atoms with Crippen LogP contribution in [0.5, 0.6) is 0 Å². The first-order chi connectivity index (χ1) is 12.3. The third-order valence-electron chi connectivity index (χ3n) is 3.97. The second kappa shape index (κ2) is 6.93. The third-order valence-corrected chi connectivity index (χ3v) is 4.56. The minimum Gasteiger partial charge on any atom is -0.337 e. The van der Waals surface area contributed by atoms with E-state index in [0.29, 0.717) is 10.0 Å². The fraction of sp³-hybridized carbons (Fsp3) is 0.176. The number of aromatic nitrogens is 3. The van der Waals surface area contributed by atoms with Crippen LogP contribution in [-0.2, 0) is 13.6 Å². The summed E-state index contributed by atoms with van der Waals surface area (Å²) in [6, 6.07) is 6.46. The van der Waals surface area contributed by atoms with Gasteiger partial charge in [-0.1, -0.05) is 29.3 Å². The Morgan fingerprint density at radius 2 is 2.00 bits per heavy atom. The number of nitrogens with zero attached hydrogens (tertiary/aromatic N) is 3. The van der Waals surface area contributed by atoms with Crippen LogP contribution < -0.4 is 11.2 Å². The molecule has 3 rings (SSSR count). The van der Waals surface area contributed by atoms with Gasteiger partial charge in [-0.25, -0.2) is 9.78 Å². The van der Waals surface area contributed by atoms with Crippen LogP contribution in [0.1, 0.15) is 15.9 Å². The molecule has 0 saturated carbocycles. The van der Waals surface area contributed by atoms with Gasteiger partial charge >= 0.3 is 5.69 Å². The Hall–Kier alpha value is -2.64. The number of hydrogen-bond acceptors (Lipinski definition) is 4. The zero-order valence-corrected chi connectivity index (χ0v) is 15.4. The van der Waals surface area contributed by atoms with Gasteiger partial charge in [0.25, 0.3) is 11.5 Å². The van der Waals surface area contributed by atoms with Crippen LogP contribution in [0.25, 0.3) is 11.0 Å². The van der Waals surface area contributed by atoms with Crippen molar-refractivity contribution in [3.05, 3.63) is 72.5 Å². The second-order valence-electron chi connectivity index (χ2n) is 5.81. The Morgan fingerprint density at radius 3 is 2.69 bits per heavy atom. The van der Waals surface area contributed by atoms with Gasteiger partial charge in [-0.05, 0) is 23.8 Å².